The Hall–Kier alpha value is -3.10. The predicted octanol–water partition coefficient (Wildman–Crippen LogP) is 1.70. The smallest absolute Gasteiger partial charge is 0.306 e. The van der Waals surface area contributed by atoms with Crippen LogP contribution in [0.3, 0.4) is 0 Å². The van der Waals surface area contributed by atoms with E-state index in [-0.39, 0.29) is 37.1 Å². The van der Waals surface area contributed by atoms with Gasteiger partial charge in [0.15, 0.2) is 6.10 Å². The van der Waals surface area contributed by atoms with Crippen LogP contribution in [0.2, 0.25) is 0 Å². The third-order valence-electron chi connectivity index (χ3n) is 5.24. The average molecular weight is 417 g/mol. The summed E-state index contributed by atoms with van der Waals surface area (Å²) in [4.78, 5) is 52.0. The van der Waals surface area contributed by atoms with Crippen LogP contribution in [0.5, 0.6) is 5.75 Å². The largest absolute Gasteiger partial charge is 0.479 e. The number of piperidine rings is 1. The van der Waals surface area contributed by atoms with Crippen molar-refractivity contribution in [3.63, 3.8) is 0 Å². The molecule has 1 unspecified atom stereocenters. The quantitative estimate of drug-likeness (QED) is 0.707. The van der Waals surface area contributed by atoms with Crippen LogP contribution in [-0.2, 0) is 23.9 Å². The van der Waals surface area contributed by atoms with Gasteiger partial charge in [-0.2, -0.15) is 0 Å². The lowest BCUT2D eigenvalue weighted by molar-refractivity contribution is -0.141. The minimum absolute atomic E-state index is 0.0205. The minimum atomic E-state index is -0.702. The first-order chi connectivity index (χ1) is 14.4. The van der Waals surface area contributed by atoms with Gasteiger partial charge in [0.2, 0.25) is 11.8 Å². The Morgan fingerprint density at radius 3 is 2.60 bits per heavy atom. The highest BCUT2D eigenvalue weighted by Crippen LogP contribution is 2.36. The van der Waals surface area contributed by atoms with Gasteiger partial charge >= 0.3 is 5.97 Å². The van der Waals surface area contributed by atoms with Crippen LogP contribution < -0.4 is 15.0 Å². The number of ether oxygens (including phenoxy) is 2. The second-order valence-electron chi connectivity index (χ2n) is 7.43. The third kappa shape index (κ3) is 5.08. The molecule has 3 amide bonds. The summed E-state index contributed by atoms with van der Waals surface area (Å²) in [6.45, 7) is 2.98. The van der Waals surface area contributed by atoms with Crippen LogP contribution in [0.1, 0.15) is 39.0 Å². The molecule has 0 radical (unpaired) electrons. The first-order valence-corrected chi connectivity index (χ1v) is 10.2. The Morgan fingerprint density at radius 1 is 1.17 bits per heavy atom. The Labute approximate surface area is 175 Å². The number of likely N-dealkylation sites (tertiary alicyclic amines) is 1. The number of anilines is 2. The van der Waals surface area contributed by atoms with Gasteiger partial charge < -0.3 is 19.7 Å². The summed E-state index contributed by atoms with van der Waals surface area (Å²) in [5.41, 5.74) is 0.888. The van der Waals surface area contributed by atoms with E-state index in [9.17, 15) is 19.2 Å². The Bertz CT molecular complexity index is 834. The van der Waals surface area contributed by atoms with Gasteiger partial charge in [-0.25, -0.2) is 0 Å². The lowest BCUT2D eigenvalue weighted by Crippen LogP contribution is -2.50. The van der Waals surface area contributed by atoms with Crippen molar-refractivity contribution in [2.45, 2.75) is 45.1 Å². The number of nitrogens with one attached hydrogen (secondary N) is 1. The molecule has 0 aliphatic carbocycles. The molecule has 0 spiro atoms. The molecule has 1 aromatic rings. The summed E-state index contributed by atoms with van der Waals surface area (Å²) in [7, 11) is 1.27. The zero-order chi connectivity index (χ0) is 21.7. The fourth-order valence-electron chi connectivity index (χ4n) is 3.57. The van der Waals surface area contributed by atoms with Crippen LogP contribution in [0.25, 0.3) is 0 Å². The van der Waals surface area contributed by atoms with Crippen LogP contribution in [0.4, 0.5) is 11.4 Å². The van der Waals surface area contributed by atoms with Crippen molar-refractivity contribution in [3.8, 4) is 5.75 Å². The summed E-state index contributed by atoms with van der Waals surface area (Å²) in [5, 5.41) is 2.70. The van der Waals surface area contributed by atoms with Gasteiger partial charge in [-0.05, 0) is 44.4 Å². The molecule has 2 aliphatic heterocycles. The number of fused-ring (bicyclic) bond motifs is 1. The highest BCUT2D eigenvalue weighted by molar-refractivity contribution is 6.04. The van der Waals surface area contributed by atoms with Crippen molar-refractivity contribution in [2.75, 3.05) is 37.0 Å². The fourth-order valence-corrected chi connectivity index (χ4v) is 3.57. The van der Waals surface area contributed by atoms with Crippen LogP contribution >= 0.6 is 0 Å². The van der Waals surface area contributed by atoms with Crippen molar-refractivity contribution in [1.29, 1.82) is 0 Å². The summed E-state index contributed by atoms with van der Waals surface area (Å²) in [6.07, 6.45) is 2.30. The van der Waals surface area contributed by atoms with Gasteiger partial charge in [0.1, 0.15) is 12.3 Å². The lowest BCUT2D eigenvalue weighted by atomic mass is 10.1. The van der Waals surface area contributed by atoms with E-state index in [1.54, 1.807) is 30.0 Å². The summed E-state index contributed by atoms with van der Waals surface area (Å²) >= 11 is 0. The second-order valence-corrected chi connectivity index (χ2v) is 7.43. The summed E-state index contributed by atoms with van der Waals surface area (Å²) in [6, 6.07) is 4.92. The molecule has 9 nitrogen and oxygen atoms in total. The Balaban J connectivity index is 1.74. The molecule has 2 heterocycles. The number of rotatable bonds is 6. The second kappa shape index (κ2) is 9.60. The van der Waals surface area contributed by atoms with Crippen LogP contribution in [0.15, 0.2) is 18.2 Å². The first kappa shape index (κ1) is 21.6. The molecular formula is C21H27N3O6. The number of hydrogen-bond acceptors (Lipinski definition) is 6. The fraction of sp³-hybridized carbons (Fsp3) is 0.524. The molecule has 1 atom stereocenters. The SMILES string of the molecule is COC(=O)CCC(=O)Nc1ccc2c(c1)N(CC(=O)N1CCCCC1)C(=O)C(C)O2. The van der Waals surface area contributed by atoms with Gasteiger partial charge in [-0.1, -0.05) is 0 Å². The molecule has 1 fully saturated rings. The van der Waals surface area contributed by atoms with E-state index < -0.39 is 12.1 Å². The molecule has 2 aliphatic rings. The highest BCUT2D eigenvalue weighted by atomic mass is 16.5. The first-order valence-electron chi connectivity index (χ1n) is 10.2. The predicted molar refractivity (Wildman–Crippen MR) is 109 cm³/mol. The van der Waals surface area contributed by atoms with E-state index in [2.05, 4.69) is 10.1 Å². The molecule has 1 saturated heterocycles. The van der Waals surface area contributed by atoms with E-state index in [0.717, 1.165) is 19.3 Å². The normalized spacial score (nSPS) is 18.3. The Kier molecular flexibility index (Phi) is 6.91. The lowest BCUT2D eigenvalue weighted by Gasteiger charge is -2.35. The summed E-state index contributed by atoms with van der Waals surface area (Å²) < 4.78 is 10.2. The zero-order valence-corrected chi connectivity index (χ0v) is 17.3. The van der Waals surface area contributed by atoms with Crippen LogP contribution in [0, 0.1) is 0 Å². The molecule has 1 aromatic carbocycles. The maximum atomic E-state index is 12.7. The topological polar surface area (TPSA) is 105 Å². The van der Waals surface area contributed by atoms with E-state index >= 15 is 0 Å². The van der Waals surface area contributed by atoms with Gasteiger partial charge in [-0.3, -0.25) is 24.1 Å². The molecule has 162 valence electrons. The molecule has 9 heteroatoms. The molecule has 1 N–H and O–H groups in total. The number of esters is 1. The minimum Gasteiger partial charge on any atom is -0.479 e. The number of carbonyl (C=O) groups excluding carboxylic acids is 4. The number of carbonyl (C=O) groups is 4. The van der Waals surface area contributed by atoms with E-state index in [0.29, 0.717) is 30.2 Å². The van der Waals surface area contributed by atoms with Crippen molar-refractivity contribution in [2.24, 2.45) is 0 Å². The average Bonchev–Trinajstić information content (AvgIpc) is 2.76. The molecule has 0 bridgehead atoms. The number of hydrogen-bond donors (Lipinski definition) is 1. The van der Waals surface area contributed by atoms with Crippen molar-refractivity contribution >= 4 is 35.1 Å². The molecule has 3 rings (SSSR count). The standard InChI is InChI=1S/C21H27N3O6/c1-14-21(28)24(13-19(26)23-10-4-3-5-11-23)16-12-15(6-7-17(16)30-14)22-18(25)8-9-20(27)29-2/h6-7,12,14H,3-5,8-11,13H2,1-2H3,(H,22,25). The monoisotopic (exact) mass is 417 g/mol. The Morgan fingerprint density at radius 2 is 1.90 bits per heavy atom. The zero-order valence-electron chi connectivity index (χ0n) is 17.3. The van der Waals surface area contributed by atoms with Crippen molar-refractivity contribution < 1.29 is 28.7 Å². The van der Waals surface area contributed by atoms with Crippen molar-refractivity contribution in [1.82, 2.24) is 4.90 Å². The molecular weight excluding hydrogens is 390 g/mol. The number of methoxy groups -OCH3 is 1. The molecule has 0 saturated carbocycles. The summed E-state index contributed by atoms with van der Waals surface area (Å²) in [5.74, 6) is -0.752. The van der Waals surface area contributed by atoms with Gasteiger partial charge in [0.05, 0.1) is 19.2 Å². The third-order valence-corrected chi connectivity index (χ3v) is 5.24. The van der Waals surface area contributed by atoms with E-state index in [1.165, 1.54) is 12.0 Å². The molecule has 0 aromatic heterocycles. The van der Waals surface area contributed by atoms with Gasteiger partial charge in [0.25, 0.3) is 5.91 Å². The maximum absolute atomic E-state index is 12.7. The van der Waals surface area contributed by atoms with E-state index in [1.807, 2.05) is 0 Å². The maximum Gasteiger partial charge on any atom is 0.306 e. The highest BCUT2D eigenvalue weighted by Gasteiger charge is 2.34. The van der Waals surface area contributed by atoms with E-state index in [4.69, 9.17) is 4.74 Å². The number of nitrogens with zero attached hydrogens (tertiary/aromatic N) is 2. The number of benzene rings is 1. The van der Waals surface area contributed by atoms with Crippen molar-refractivity contribution in [3.05, 3.63) is 18.2 Å². The number of amides is 3. The van der Waals surface area contributed by atoms with Gasteiger partial charge in [-0.15, -0.1) is 0 Å². The molecule has 30 heavy (non-hydrogen) atoms. The van der Waals surface area contributed by atoms with Gasteiger partial charge in [0, 0.05) is 25.2 Å². The van der Waals surface area contributed by atoms with Crippen LogP contribution in [-0.4, -0.2) is 61.4 Å².